The quantitative estimate of drug-likeness (QED) is 0.816. The molecule has 1 aliphatic rings. The van der Waals surface area contributed by atoms with E-state index in [0.717, 1.165) is 16.6 Å². The van der Waals surface area contributed by atoms with E-state index < -0.39 is 11.6 Å². The number of halogens is 3. The molecule has 0 bridgehead atoms. The molecule has 1 unspecified atom stereocenters. The number of carbonyl (C=O) groups excluding carboxylic acids is 1. The van der Waals surface area contributed by atoms with Gasteiger partial charge in [-0.1, -0.05) is 0 Å². The van der Waals surface area contributed by atoms with Crippen LogP contribution in [0.15, 0.2) is 41.0 Å². The summed E-state index contributed by atoms with van der Waals surface area (Å²) >= 11 is 3.30. The van der Waals surface area contributed by atoms with Gasteiger partial charge in [0, 0.05) is 35.3 Å². The first-order chi connectivity index (χ1) is 11.0. The van der Waals surface area contributed by atoms with Crippen LogP contribution < -0.4 is 4.74 Å². The van der Waals surface area contributed by atoms with Crippen LogP contribution in [-0.2, 0) is 0 Å². The summed E-state index contributed by atoms with van der Waals surface area (Å²) in [5, 5.41) is 0. The van der Waals surface area contributed by atoms with E-state index in [9.17, 15) is 13.6 Å². The Labute approximate surface area is 140 Å². The summed E-state index contributed by atoms with van der Waals surface area (Å²) in [7, 11) is 0. The third kappa shape index (κ3) is 3.67. The van der Waals surface area contributed by atoms with E-state index in [1.807, 2.05) is 6.07 Å². The van der Waals surface area contributed by atoms with E-state index in [1.54, 1.807) is 17.2 Å². The Balaban J connectivity index is 1.63. The van der Waals surface area contributed by atoms with Gasteiger partial charge in [0.1, 0.15) is 6.10 Å². The van der Waals surface area contributed by atoms with Crippen molar-refractivity contribution < 1.29 is 18.3 Å². The molecule has 23 heavy (non-hydrogen) atoms. The molecule has 1 amide bonds. The number of carbonyl (C=O) groups is 1. The summed E-state index contributed by atoms with van der Waals surface area (Å²) in [6.07, 6.45) is 2.12. The fourth-order valence-corrected chi connectivity index (χ4v) is 2.66. The van der Waals surface area contributed by atoms with Gasteiger partial charge < -0.3 is 9.64 Å². The van der Waals surface area contributed by atoms with Crippen molar-refractivity contribution in [3.05, 3.63) is 58.2 Å². The zero-order chi connectivity index (χ0) is 16.4. The van der Waals surface area contributed by atoms with E-state index in [1.165, 1.54) is 6.07 Å². The third-order valence-corrected chi connectivity index (χ3v) is 4.06. The summed E-state index contributed by atoms with van der Waals surface area (Å²) in [5.74, 6) is -1.84. The molecule has 1 saturated heterocycles. The molecule has 0 aliphatic carbocycles. The number of pyridine rings is 1. The second-order valence-corrected chi connectivity index (χ2v) is 6.14. The van der Waals surface area contributed by atoms with Crippen molar-refractivity contribution in [3.63, 3.8) is 0 Å². The van der Waals surface area contributed by atoms with Crippen molar-refractivity contribution in [2.24, 2.45) is 0 Å². The minimum absolute atomic E-state index is 0.131. The van der Waals surface area contributed by atoms with Crippen molar-refractivity contribution in [2.45, 2.75) is 12.5 Å². The first kappa shape index (κ1) is 15.9. The normalized spacial score (nSPS) is 17.3. The van der Waals surface area contributed by atoms with Crippen molar-refractivity contribution in [1.82, 2.24) is 9.88 Å². The third-order valence-electron chi connectivity index (χ3n) is 3.59. The molecule has 1 aliphatic heterocycles. The molecule has 1 aromatic heterocycles. The summed E-state index contributed by atoms with van der Waals surface area (Å²) in [5.41, 5.74) is 0.131. The summed E-state index contributed by atoms with van der Waals surface area (Å²) in [6.45, 7) is 0.884. The molecule has 7 heteroatoms. The number of nitrogens with zero attached hydrogens (tertiary/aromatic N) is 2. The number of likely N-dealkylation sites (tertiary alicyclic amines) is 1. The maximum Gasteiger partial charge on any atom is 0.254 e. The Kier molecular flexibility index (Phi) is 4.56. The van der Waals surface area contributed by atoms with Crippen LogP contribution in [0.3, 0.4) is 0 Å². The molecule has 0 N–H and O–H groups in total. The zero-order valence-corrected chi connectivity index (χ0v) is 13.6. The molecular formula is C16H13BrF2N2O2. The topological polar surface area (TPSA) is 42.4 Å². The van der Waals surface area contributed by atoms with Crippen LogP contribution in [0.2, 0.25) is 0 Å². The van der Waals surface area contributed by atoms with Gasteiger partial charge >= 0.3 is 0 Å². The lowest BCUT2D eigenvalue weighted by Gasteiger charge is -2.17. The summed E-state index contributed by atoms with van der Waals surface area (Å²) < 4.78 is 32.8. The van der Waals surface area contributed by atoms with E-state index >= 15 is 0 Å². The average molecular weight is 383 g/mol. The highest BCUT2D eigenvalue weighted by molar-refractivity contribution is 9.10. The predicted molar refractivity (Wildman–Crippen MR) is 83.2 cm³/mol. The van der Waals surface area contributed by atoms with E-state index in [4.69, 9.17) is 4.74 Å². The van der Waals surface area contributed by atoms with Crippen LogP contribution in [0, 0.1) is 11.6 Å². The highest BCUT2D eigenvalue weighted by atomic mass is 79.9. The largest absolute Gasteiger partial charge is 0.472 e. The number of ether oxygens (including phenoxy) is 1. The summed E-state index contributed by atoms with van der Waals surface area (Å²) in [4.78, 5) is 18.0. The average Bonchev–Trinajstić information content (AvgIpc) is 3.00. The van der Waals surface area contributed by atoms with Crippen LogP contribution in [0.5, 0.6) is 5.88 Å². The van der Waals surface area contributed by atoms with Gasteiger partial charge in [-0.15, -0.1) is 0 Å². The Hall–Kier alpha value is -2.02. The van der Waals surface area contributed by atoms with Crippen molar-refractivity contribution in [2.75, 3.05) is 13.1 Å². The molecular weight excluding hydrogens is 370 g/mol. The lowest BCUT2D eigenvalue weighted by Crippen LogP contribution is -2.31. The lowest BCUT2D eigenvalue weighted by atomic mass is 10.2. The van der Waals surface area contributed by atoms with Gasteiger partial charge in [0.25, 0.3) is 5.91 Å². The molecule has 3 rings (SSSR count). The van der Waals surface area contributed by atoms with Gasteiger partial charge in [0.15, 0.2) is 11.6 Å². The second kappa shape index (κ2) is 6.62. The van der Waals surface area contributed by atoms with Crippen LogP contribution in [0.4, 0.5) is 8.78 Å². The number of benzene rings is 1. The highest BCUT2D eigenvalue weighted by Crippen LogP contribution is 2.20. The molecule has 4 nitrogen and oxygen atoms in total. The number of amides is 1. The van der Waals surface area contributed by atoms with Crippen LogP contribution >= 0.6 is 15.9 Å². The van der Waals surface area contributed by atoms with Gasteiger partial charge in [-0.25, -0.2) is 13.8 Å². The van der Waals surface area contributed by atoms with Crippen LogP contribution in [0.25, 0.3) is 0 Å². The Morgan fingerprint density at radius 2 is 2.09 bits per heavy atom. The predicted octanol–water partition coefficient (Wildman–Crippen LogP) is 3.42. The van der Waals surface area contributed by atoms with Gasteiger partial charge in [0.2, 0.25) is 5.88 Å². The molecule has 120 valence electrons. The minimum atomic E-state index is -1.03. The molecule has 0 radical (unpaired) electrons. The van der Waals surface area contributed by atoms with Crippen molar-refractivity contribution in [1.29, 1.82) is 0 Å². The molecule has 2 heterocycles. The fourth-order valence-electron chi connectivity index (χ4n) is 2.42. The monoisotopic (exact) mass is 382 g/mol. The SMILES string of the molecule is O=C(c1ccc(F)c(F)c1)N1CCC(Oc2ccc(Br)cn2)C1. The first-order valence-corrected chi connectivity index (χ1v) is 7.85. The fraction of sp³-hybridized carbons (Fsp3) is 0.250. The van der Waals surface area contributed by atoms with Gasteiger partial charge in [-0.3, -0.25) is 4.79 Å². The maximum atomic E-state index is 13.2. The van der Waals surface area contributed by atoms with E-state index in [0.29, 0.717) is 25.4 Å². The Bertz CT molecular complexity index is 725. The Morgan fingerprint density at radius 3 is 2.78 bits per heavy atom. The van der Waals surface area contributed by atoms with Crippen molar-refractivity contribution in [3.8, 4) is 5.88 Å². The maximum absolute atomic E-state index is 13.2. The number of hydrogen-bond acceptors (Lipinski definition) is 3. The smallest absolute Gasteiger partial charge is 0.254 e. The standard InChI is InChI=1S/C16H13BrF2N2O2/c17-11-2-4-15(20-8-11)23-12-5-6-21(9-12)16(22)10-1-3-13(18)14(19)7-10/h1-4,7-8,12H,5-6,9H2. The molecule has 2 aromatic rings. The molecule has 0 spiro atoms. The molecule has 1 atom stereocenters. The Morgan fingerprint density at radius 1 is 1.26 bits per heavy atom. The van der Waals surface area contributed by atoms with Gasteiger partial charge in [-0.05, 0) is 40.2 Å². The lowest BCUT2D eigenvalue weighted by molar-refractivity contribution is 0.0770. The van der Waals surface area contributed by atoms with Gasteiger partial charge in [-0.2, -0.15) is 0 Å². The van der Waals surface area contributed by atoms with Crippen molar-refractivity contribution >= 4 is 21.8 Å². The van der Waals surface area contributed by atoms with Crippen LogP contribution in [0.1, 0.15) is 16.8 Å². The van der Waals surface area contributed by atoms with E-state index in [2.05, 4.69) is 20.9 Å². The molecule has 1 fully saturated rings. The second-order valence-electron chi connectivity index (χ2n) is 5.22. The number of aromatic nitrogens is 1. The first-order valence-electron chi connectivity index (χ1n) is 7.05. The number of rotatable bonds is 3. The minimum Gasteiger partial charge on any atom is -0.472 e. The highest BCUT2D eigenvalue weighted by Gasteiger charge is 2.28. The van der Waals surface area contributed by atoms with E-state index in [-0.39, 0.29) is 17.6 Å². The number of hydrogen-bond donors (Lipinski definition) is 0. The molecule has 0 saturated carbocycles. The molecule has 1 aromatic carbocycles. The zero-order valence-electron chi connectivity index (χ0n) is 12.0. The van der Waals surface area contributed by atoms with Gasteiger partial charge in [0.05, 0.1) is 6.54 Å². The summed E-state index contributed by atoms with van der Waals surface area (Å²) in [6, 6.07) is 6.72. The van der Waals surface area contributed by atoms with Crippen LogP contribution in [-0.4, -0.2) is 35.0 Å².